The maximum atomic E-state index is 12.7. The van der Waals surface area contributed by atoms with Crippen LogP contribution in [0, 0.1) is 0 Å². The molecule has 1 fully saturated rings. The Balaban J connectivity index is 1.57. The molecule has 1 aliphatic rings. The topological polar surface area (TPSA) is 41.6 Å². The molecular weight excluding hydrogens is 360 g/mol. The van der Waals surface area contributed by atoms with Crippen LogP contribution in [0.25, 0.3) is 0 Å². The molecule has 1 unspecified atom stereocenters. The van der Waals surface area contributed by atoms with Gasteiger partial charge in [-0.2, -0.15) is 0 Å². The second-order valence-electron chi connectivity index (χ2n) is 7.84. The van der Waals surface area contributed by atoms with E-state index in [1.165, 1.54) is 49.0 Å². The van der Waals surface area contributed by atoms with Gasteiger partial charge in [-0.3, -0.25) is 9.69 Å². The lowest BCUT2D eigenvalue weighted by molar-refractivity contribution is -0.128. The van der Waals surface area contributed by atoms with Gasteiger partial charge < -0.3 is 10.1 Å². The summed E-state index contributed by atoms with van der Waals surface area (Å²) in [7, 11) is 0. The normalized spacial score (nSPS) is 15.7. The fraction of sp³-hybridized carbons (Fsp3) is 0.480. The Bertz CT molecular complexity index is 767. The van der Waals surface area contributed by atoms with Gasteiger partial charge in [-0.15, -0.1) is 0 Å². The van der Waals surface area contributed by atoms with Crippen molar-refractivity contribution in [2.45, 2.75) is 65.1 Å². The SMILES string of the molecule is CCc1ccc(OC(CC)C(=O)NCc2ccccc2CN2CCCCC2)cc1. The molecule has 4 nitrogen and oxygen atoms in total. The zero-order chi connectivity index (χ0) is 20.5. The van der Waals surface area contributed by atoms with Crippen LogP contribution in [0.2, 0.25) is 0 Å². The minimum Gasteiger partial charge on any atom is -0.481 e. The van der Waals surface area contributed by atoms with E-state index in [9.17, 15) is 4.79 Å². The van der Waals surface area contributed by atoms with Crippen molar-refractivity contribution in [3.05, 3.63) is 65.2 Å². The van der Waals surface area contributed by atoms with Gasteiger partial charge in [-0.25, -0.2) is 0 Å². The average molecular weight is 395 g/mol. The van der Waals surface area contributed by atoms with Gasteiger partial charge in [0, 0.05) is 13.1 Å². The third-order valence-corrected chi connectivity index (χ3v) is 5.69. The number of carbonyl (C=O) groups is 1. The first-order chi connectivity index (χ1) is 14.2. The van der Waals surface area contributed by atoms with Crippen molar-refractivity contribution in [1.82, 2.24) is 10.2 Å². The van der Waals surface area contributed by atoms with Gasteiger partial charge >= 0.3 is 0 Å². The molecule has 2 aromatic carbocycles. The minimum absolute atomic E-state index is 0.0557. The minimum atomic E-state index is -0.475. The van der Waals surface area contributed by atoms with E-state index in [1.807, 2.05) is 25.1 Å². The molecule has 0 bridgehead atoms. The summed E-state index contributed by atoms with van der Waals surface area (Å²) < 4.78 is 5.94. The first-order valence-electron chi connectivity index (χ1n) is 11.0. The van der Waals surface area contributed by atoms with Crippen LogP contribution < -0.4 is 10.1 Å². The Hall–Kier alpha value is -2.33. The van der Waals surface area contributed by atoms with Gasteiger partial charge in [0.2, 0.25) is 0 Å². The number of nitrogens with one attached hydrogen (secondary N) is 1. The molecule has 156 valence electrons. The fourth-order valence-corrected chi connectivity index (χ4v) is 3.83. The highest BCUT2D eigenvalue weighted by atomic mass is 16.5. The van der Waals surface area contributed by atoms with Crippen LogP contribution in [0.4, 0.5) is 0 Å². The summed E-state index contributed by atoms with van der Waals surface area (Å²) in [5.41, 5.74) is 3.76. The van der Waals surface area contributed by atoms with E-state index in [-0.39, 0.29) is 5.91 Å². The molecule has 0 aliphatic carbocycles. The molecular formula is C25H34N2O2. The van der Waals surface area contributed by atoms with Crippen LogP contribution >= 0.6 is 0 Å². The predicted octanol–water partition coefficient (Wildman–Crippen LogP) is 4.71. The molecule has 0 saturated carbocycles. The Morgan fingerprint density at radius 2 is 1.69 bits per heavy atom. The zero-order valence-corrected chi connectivity index (χ0v) is 17.8. The number of carbonyl (C=O) groups excluding carboxylic acids is 1. The first kappa shape index (κ1) is 21.4. The number of likely N-dealkylation sites (tertiary alicyclic amines) is 1. The number of aryl methyl sites for hydroxylation is 1. The summed E-state index contributed by atoms with van der Waals surface area (Å²) >= 11 is 0. The molecule has 0 aromatic heterocycles. The van der Waals surface area contributed by atoms with Crippen molar-refractivity contribution in [3.63, 3.8) is 0 Å². The highest BCUT2D eigenvalue weighted by Crippen LogP contribution is 2.18. The van der Waals surface area contributed by atoms with Crippen molar-refractivity contribution in [3.8, 4) is 5.75 Å². The van der Waals surface area contributed by atoms with E-state index < -0.39 is 6.10 Å². The number of benzene rings is 2. The Morgan fingerprint density at radius 1 is 1.00 bits per heavy atom. The second-order valence-corrected chi connectivity index (χ2v) is 7.84. The zero-order valence-electron chi connectivity index (χ0n) is 17.8. The van der Waals surface area contributed by atoms with E-state index in [1.54, 1.807) is 0 Å². The number of hydrogen-bond acceptors (Lipinski definition) is 3. The van der Waals surface area contributed by atoms with Crippen LogP contribution in [0.3, 0.4) is 0 Å². The standard InChI is InChI=1S/C25H34N2O2/c1-3-20-12-14-23(15-13-20)29-24(4-2)25(28)26-18-21-10-6-7-11-22(21)19-27-16-8-5-9-17-27/h6-7,10-15,24H,3-5,8-9,16-19H2,1-2H3,(H,26,28). The lowest BCUT2D eigenvalue weighted by Gasteiger charge is -2.27. The maximum Gasteiger partial charge on any atom is 0.261 e. The molecule has 2 aromatic rings. The molecule has 1 N–H and O–H groups in total. The summed E-state index contributed by atoms with van der Waals surface area (Å²) in [5, 5.41) is 3.09. The monoisotopic (exact) mass is 394 g/mol. The summed E-state index contributed by atoms with van der Waals surface area (Å²) in [5.74, 6) is 0.689. The molecule has 1 saturated heterocycles. The van der Waals surface area contributed by atoms with Crippen LogP contribution in [0.5, 0.6) is 5.75 Å². The van der Waals surface area contributed by atoms with E-state index in [0.29, 0.717) is 13.0 Å². The maximum absolute atomic E-state index is 12.7. The van der Waals surface area contributed by atoms with E-state index in [4.69, 9.17) is 4.74 Å². The average Bonchev–Trinajstić information content (AvgIpc) is 2.77. The summed E-state index contributed by atoms with van der Waals surface area (Å²) in [6.45, 7) is 7.95. The van der Waals surface area contributed by atoms with E-state index in [2.05, 4.69) is 47.5 Å². The Labute approximate surface area is 175 Å². The van der Waals surface area contributed by atoms with Crippen molar-refractivity contribution in [2.75, 3.05) is 13.1 Å². The fourth-order valence-electron chi connectivity index (χ4n) is 3.83. The summed E-state index contributed by atoms with van der Waals surface area (Å²) in [4.78, 5) is 15.2. The molecule has 3 rings (SSSR count). The van der Waals surface area contributed by atoms with Gasteiger partial charge in [0.15, 0.2) is 6.10 Å². The molecule has 1 amide bonds. The quantitative estimate of drug-likeness (QED) is 0.670. The van der Waals surface area contributed by atoms with E-state index >= 15 is 0 Å². The van der Waals surface area contributed by atoms with Gasteiger partial charge in [-0.05, 0) is 67.6 Å². The molecule has 4 heteroatoms. The number of piperidine rings is 1. The Morgan fingerprint density at radius 3 is 2.34 bits per heavy atom. The molecule has 0 radical (unpaired) electrons. The molecule has 0 spiro atoms. The molecule has 29 heavy (non-hydrogen) atoms. The smallest absolute Gasteiger partial charge is 0.261 e. The number of nitrogens with zero attached hydrogens (tertiary/aromatic N) is 1. The van der Waals surface area contributed by atoms with Crippen LogP contribution in [-0.2, 0) is 24.3 Å². The van der Waals surface area contributed by atoms with Gasteiger partial charge in [0.05, 0.1) is 0 Å². The van der Waals surface area contributed by atoms with Crippen molar-refractivity contribution >= 4 is 5.91 Å². The number of ether oxygens (including phenoxy) is 1. The highest BCUT2D eigenvalue weighted by Gasteiger charge is 2.19. The van der Waals surface area contributed by atoms with E-state index in [0.717, 1.165) is 18.7 Å². The number of hydrogen-bond donors (Lipinski definition) is 1. The summed E-state index contributed by atoms with van der Waals surface area (Å²) in [6.07, 6.45) is 5.07. The highest BCUT2D eigenvalue weighted by molar-refractivity contribution is 5.81. The van der Waals surface area contributed by atoms with Crippen LogP contribution in [0.1, 0.15) is 56.2 Å². The molecule has 1 aliphatic heterocycles. The van der Waals surface area contributed by atoms with Crippen LogP contribution in [-0.4, -0.2) is 30.0 Å². The lowest BCUT2D eigenvalue weighted by atomic mass is 10.0. The largest absolute Gasteiger partial charge is 0.481 e. The van der Waals surface area contributed by atoms with Crippen molar-refractivity contribution in [2.24, 2.45) is 0 Å². The van der Waals surface area contributed by atoms with Gasteiger partial charge in [-0.1, -0.05) is 56.7 Å². The van der Waals surface area contributed by atoms with Crippen molar-refractivity contribution < 1.29 is 9.53 Å². The molecule has 1 atom stereocenters. The Kier molecular flexibility index (Phi) is 8.12. The summed E-state index contributed by atoms with van der Waals surface area (Å²) in [6, 6.07) is 16.4. The number of rotatable bonds is 9. The first-order valence-corrected chi connectivity index (χ1v) is 11.0. The second kappa shape index (κ2) is 11.0. The van der Waals surface area contributed by atoms with Crippen molar-refractivity contribution in [1.29, 1.82) is 0 Å². The number of amides is 1. The third kappa shape index (κ3) is 6.33. The predicted molar refractivity (Wildman–Crippen MR) is 118 cm³/mol. The van der Waals surface area contributed by atoms with Gasteiger partial charge in [0.1, 0.15) is 5.75 Å². The lowest BCUT2D eigenvalue weighted by Crippen LogP contribution is -2.38. The third-order valence-electron chi connectivity index (χ3n) is 5.69. The van der Waals surface area contributed by atoms with Gasteiger partial charge in [0.25, 0.3) is 5.91 Å². The van der Waals surface area contributed by atoms with Crippen LogP contribution in [0.15, 0.2) is 48.5 Å². The molecule has 1 heterocycles.